The topological polar surface area (TPSA) is 0 Å². The quantitative estimate of drug-likeness (QED) is 0.509. The molecule has 4 rings (SSSR count). The molecule has 14 heavy (non-hydrogen) atoms. The minimum atomic E-state index is 0.830. The summed E-state index contributed by atoms with van der Waals surface area (Å²) in [4.78, 5) is 0. The van der Waals surface area contributed by atoms with Crippen LogP contribution in [0.15, 0.2) is 0 Å². The van der Waals surface area contributed by atoms with E-state index in [4.69, 9.17) is 0 Å². The van der Waals surface area contributed by atoms with Gasteiger partial charge in [-0.1, -0.05) is 35.9 Å². The molecule has 0 amide bonds. The van der Waals surface area contributed by atoms with Crippen LogP contribution in [0, 0.1) is 34.5 Å². The molecule has 4 saturated carbocycles. The number of fused-ring (bicyclic) bond motifs is 6. The highest BCUT2D eigenvalue weighted by molar-refractivity contribution is 14.1. The van der Waals surface area contributed by atoms with Crippen LogP contribution < -0.4 is 0 Å². The van der Waals surface area contributed by atoms with Crippen molar-refractivity contribution in [2.24, 2.45) is 34.5 Å². The number of alkyl halides is 1. The van der Waals surface area contributed by atoms with Crippen molar-refractivity contribution >= 4 is 22.6 Å². The fourth-order valence-corrected chi connectivity index (χ4v) is 7.27. The molecule has 0 radical (unpaired) electrons. The third-order valence-electron chi connectivity index (χ3n) is 6.40. The average molecular weight is 302 g/mol. The molecular weight excluding hydrogens is 283 g/mol. The summed E-state index contributed by atoms with van der Waals surface area (Å²) in [6.45, 7) is 2.60. The first-order valence-corrected chi connectivity index (χ1v) is 7.81. The summed E-state index contributed by atoms with van der Waals surface area (Å²) in [5.74, 6) is 4.63. The van der Waals surface area contributed by atoms with Gasteiger partial charge in [0.1, 0.15) is 0 Å². The second kappa shape index (κ2) is 2.36. The highest BCUT2D eigenvalue weighted by atomic mass is 127. The molecule has 78 valence electrons. The van der Waals surface area contributed by atoms with Crippen molar-refractivity contribution in [1.29, 1.82) is 0 Å². The van der Waals surface area contributed by atoms with Crippen LogP contribution in [0.3, 0.4) is 0 Å². The monoisotopic (exact) mass is 302 g/mol. The second-order valence-electron chi connectivity index (χ2n) is 6.66. The number of hydrogen-bond donors (Lipinski definition) is 0. The molecule has 0 unspecified atom stereocenters. The van der Waals surface area contributed by atoms with Crippen LogP contribution in [-0.4, -0.2) is 4.43 Å². The van der Waals surface area contributed by atoms with Crippen molar-refractivity contribution in [2.75, 3.05) is 4.43 Å². The van der Waals surface area contributed by atoms with E-state index in [0.29, 0.717) is 0 Å². The fourth-order valence-electron chi connectivity index (χ4n) is 5.92. The van der Waals surface area contributed by atoms with Crippen molar-refractivity contribution < 1.29 is 0 Å². The molecule has 0 heterocycles. The Balaban J connectivity index is 1.76. The smallest absolute Gasteiger partial charge is 0.00578 e. The van der Waals surface area contributed by atoms with Crippen LogP contribution in [0.1, 0.15) is 39.0 Å². The predicted molar refractivity (Wildman–Crippen MR) is 66.5 cm³/mol. The van der Waals surface area contributed by atoms with Gasteiger partial charge in [-0.25, -0.2) is 0 Å². The summed E-state index contributed by atoms with van der Waals surface area (Å²) in [6.07, 6.45) is 7.89. The van der Waals surface area contributed by atoms with Gasteiger partial charge in [-0.3, -0.25) is 0 Å². The van der Waals surface area contributed by atoms with E-state index >= 15 is 0 Å². The predicted octanol–water partition coefficient (Wildman–Crippen LogP) is 3.88. The maximum absolute atomic E-state index is 2.69. The molecule has 6 atom stereocenters. The second-order valence-corrected chi connectivity index (χ2v) is 7.42. The summed E-state index contributed by atoms with van der Waals surface area (Å²) < 4.78 is 1.46. The van der Waals surface area contributed by atoms with Crippen molar-refractivity contribution in [3.05, 3.63) is 0 Å². The highest BCUT2D eigenvalue weighted by Gasteiger charge is 2.78. The molecule has 0 aromatic carbocycles. The molecule has 0 spiro atoms. The lowest BCUT2D eigenvalue weighted by Crippen LogP contribution is -2.55. The zero-order valence-electron chi connectivity index (χ0n) is 8.93. The summed E-state index contributed by atoms with van der Waals surface area (Å²) in [5, 5.41) is 0. The van der Waals surface area contributed by atoms with Gasteiger partial charge in [0, 0.05) is 4.43 Å². The van der Waals surface area contributed by atoms with Crippen LogP contribution in [0.2, 0.25) is 0 Å². The Morgan fingerprint density at radius 3 is 2.93 bits per heavy atom. The van der Waals surface area contributed by atoms with Crippen molar-refractivity contribution in [3.8, 4) is 0 Å². The van der Waals surface area contributed by atoms with E-state index in [1.54, 1.807) is 32.1 Å². The van der Waals surface area contributed by atoms with Crippen LogP contribution >= 0.6 is 22.6 Å². The summed E-state index contributed by atoms with van der Waals surface area (Å²) in [5.41, 5.74) is 1.68. The van der Waals surface area contributed by atoms with Gasteiger partial charge < -0.3 is 0 Å². The molecule has 0 aromatic heterocycles. The lowest BCUT2D eigenvalue weighted by Gasteiger charge is -2.59. The van der Waals surface area contributed by atoms with Gasteiger partial charge in [0.25, 0.3) is 0 Å². The van der Waals surface area contributed by atoms with Gasteiger partial charge in [0.05, 0.1) is 0 Å². The maximum Gasteiger partial charge on any atom is 0.00578 e. The van der Waals surface area contributed by atoms with Gasteiger partial charge in [-0.15, -0.1) is 0 Å². The molecule has 0 aliphatic heterocycles. The third kappa shape index (κ3) is 0.708. The number of hydrogen-bond acceptors (Lipinski definition) is 0. The van der Waals surface area contributed by atoms with E-state index in [1.165, 1.54) is 10.3 Å². The summed E-state index contributed by atoms with van der Waals surface area (Å²) >= 11 is 2.69. The van der Waals surface area contributed by atoms with Gasteiger partial charge >= 0.3 is 0 Å². The molecule has 0 saturated heterocycles. The largest absolute Gasteiger partial charge is 0.0857 e. The first-order valence-electron chi connectivity index (χ1n) is 6.28. The van der Waals surface area contributed by atoms with E-state index in [0.717, 1.165) is 28.6 Å². The third-order valence-corrected chi connectivity index (χ3v) is 7.82. The Kier molecular flexibility index (Phi) is 1.49. The normalized spacial score (nSPS) is 68.1. The van der Waals surface area contributed by atoms with E-state index in [9.17, 15) is 0 Å². The minimum absolute atomic E-state index is 0.830. The molecule has 0 N–H and O–H groups in total. The number of halogens is 1. The zero-order valence-corrected chi connectivity index (χ0v) is 11.1. The molecular formula is C13H19I. The average Bonchev–Trinajstić information content (AvgIpc) is 2.58. The van der Waals surface area contributed by atoms with Crippen molar-refractivity contribution in [2.45, 2.75) is 39.0 Å². The van der Waals surface area contributed by atoms with E-state index in [-0.39, 0.29) is 0 Å². The molecule has 0 bridgehead atoms. The van der Waals surface area contributed by atoms with Crippen molar-refractivity contribution in [3.63, 3.8) is 0 Å². The van der Waals surface area contributed by atoms with Crippen LogP contribution in [0.4, 0.5) is 0 Å². The lowest BCUT2D eigenvalue weighted by atomic mass is 9.46. The standard InChI is InChI=1S/C13H19I/c1-12-5-8(12)6-13(7-14)10-4-2-3-9(10)11(12)13/h8-11H,2-7H2,1H3/t8-,9+,10-,11+,12-,13-/m1/s1. The molecule has 0 nitrogen and oxygen atoms in total. The Morgan fingerprint density at radius 2 is 2.14 bits per heavy atom. The van der Waals surface area contributed by atoms with Gasteiger partial charge in [0.2, 0.25) is 0 Å². The Bertz CT molecular complexity index is 300. The molecule has 1 heteroatoms. The molecule has 4 aliphatic carbocycles. The highest BCUT2D eigenvalue weighted by Crippen LogP contribution is 2.84. The van der Waals surface area contributed by atoms with Crippen LogP contribution in [-0.2, 0) is 0 Å². The zero-order chi connectivity index (χ0) is 9.55. The van der Waals surface area contributed by atoms with Crippen LogP contribution in [0.25, 0.3) is 0 Å². The fraction of sp³-hybridized carbons (Fsp3) is 1.00. The van der Waals surface area contributed by atoms with Gasteiger partial charge in [-0.05, 0) is 60.2 Å². The Morgan fingerprint density at radius 1 is 1.29 bits per heavy atom. The van der Waals surface area contributed by atoms with Gasteiger partial charge in [-0.2, -0.15) is 0 Å². The Hall–Kier alpha value is 0.730. The van der Waals surface area contributed by atoms with E-state index in [2.05, 4.69) is 29.5 Å². The molecule has 4 fully saturated rings. The summed E-state index contributed by atoms with van der Waals surface area (Å²) in [7, 11) is 0. The first-order chi connectivity index (χ1) is 6.72. The molecule has 4 aliphatic rings. The van der Waals surface area contributed by atoms with E-state index in [1.807, 2.05) is 0 Å². The first kappa shape index (κ1) is 8.83. The minimum Gasteiger partial charge on any atom is -0.0857 e. The summed E-state index contributed by atoms with van der Waals surface area (Å²) in [6, 6.07) is 0. The number of rotatable bonds is 1. The lowest BCUT2D eigenvalue weighted by molar-refractivity contribution is -0.0970. The van der Waals surface area contributed by atoms with Gasteiger partial charge in [0.15, 0.2) is 0 Å². The SMILES string of the molecule is C[C@@]12C[C@@H]1C[C@@]1(CI)[C@@H]3CCC[C@@H]3[C@@H]21. The Labute approximate surface area is 100 Å². The van der Waals surface area contributed by atoms with Crippen molar-refractivity contribution in [1.82, 2.24) is 0 Å². The van der Waals surface area contributed by atoms with Crippen LogP contribution in [0.5, 0.6) is 0 Å². The maximum atomic E-state index is 2.69. The van der Waals surface area contributed by atoms with E-state index < -0.39 is 0 Å². The molecule has 0 aromatic rings.